The van der Waals surface area contributed by atoms with Crippen molar-refractivity contribution in [2.24, 2.45) is 0 Å². The summed E-state index contributed by atoms with van der Waals surface area (Å²) in [6.07, 6.45) is 2.17. The summed E-state index contributed by atoms with van der Waals surface area (Å²) in [6, 6.07) is 9.97. The summed E-state index contributed by atoms with van der Waals surface area (Å²) in [6.45, 7) is 3.78. The van der Waals surface area contributed by atoms with Gasteiger partial charge in [-0.3, -0.25) is 4.79 Å². The van der Waals surface area contributed by atoms with Crippen LogP contribution in [0.15, 0.2) is 41.6 Å². The van der Waals surface area contributed by atoms with Gasteiger partial charge in [-0.2, -0.15) is 4.68 Å². The Morgan fingerprint density at radius 3 is 2.56 bits per heavy atom. The van der Waals surface area contributed by atoms with Gasteiger partial charge in [0, 0.05) is 37.1 Å². The lowest BCUT2D eigenvalue weighted by Crippen LogP contribution is -2.38. The molecule has 0 unspecified atom stereocenters. The minimum Gasteiger partial charge on any atom is -0.478 e. The minimum absolute atomic E-state index is 0.0207. The fourth-order valence-corrected chi connectivity index (χ4v) is 5.88. The number of benzene rings is 2. The summed E-state index contributed by atoms with van der Waals surface area (Å²) in [5, 5.41) is 21.1. The Hall–Kier alpha value is -3.51. The molecule has 1 saturated carbocycles. The van der Waals surface area contributed by atoms with Crippen LogP contribution in [-0.2, 0) is 16.0 Å². The molecule has 1 aliphatic carbocycles. The molecule has 0 spiro atoms. The summed E-state index contributed by atoms with van der Waals surface area (Å²) in [4.78, 5) is 29.0. The van der Waals surface area contributed by atoms with Crippen molar-refractivity contribution < 1.29 is 23.8 Å². The van der Waals surface area contributed by atoms with Crippen LogP contribution in [0.4, 0.5) is 15.8 Å². The number of carboxylic acid groups (broad SMARTS) is 1. The van der Waals surface area contributed by atoms with E-state index < -0.39 is 22.1 Å². The molecule has 0 bridgehead atoms. The van der Waals surface area contributed by atoms with E-state index in [-0.39, 0.29) is 11.6 Å². The van der Waals surface area contributed by atoms with Gasteiger partial charge in [0.05, 0.1) is 24.5 Å². The smallest absolute Gasteiger partial charge is 0.338 e. The number of aromatic carboxylic acids is 1. The van der Waals surface area contributed by atoms with Gasteiger partial charge in [0.1, 0.15) is 10.6 Å². The quantitative estimate of drug-likeness (QED) is 0.534. The zero-order valence-electron chi connectivity index (χ0n) is 19.3. The van der Waals surface area contributed by atoms with Crippen molar-refractivity contribution in [3.63, 3.8) is 0 Å². The second-order valence-electron chi connectivity index (χ2n) is 9.06. The van der Waals surface area contributed by atoms with Crippen molar-refractivity contribution in [3.8, 4) is 5.69 Å². The van der Waals surface area contributed by atoms with Crippen molar-refractivity contribution in [2.75, 3.05) is 42.6 Å². The van der Waals surface area contributed by atoms with Gasteiger partial charge in [-0.15, -0.1) is 5.10 Å². The summed E-state index contributed by atoms with van der Waals surface area (Å²) < 4.78 is 20.4. The maximum atomic E-state index is 14.3. The van der Waals surface area contributed by atoms with Gasteiger partial charge in [-0.1, -0.05) is 11.8 Å². The van der Waals surface area contributed by atoms with Gasteiger partial charge in [0.15, 0.2) is 0 Å². The first-order valence-electron chi connectivity index (χ1n) is 11.7. The number of hydrogen-bond acceptors (Lipinski definition) is 8. The average Bonchev–Trinajstić information content (AvgIpc) is 3.32. The lowest BCUT2D eigenvalue weighted by atomic mass is 10.1. The maximum Gasteiger partial charge on any atom is 0.338 e. The number of morpholine rings is 1. The van der Waals surface area contributed by atoms with E-state index in [2.05, 4.69) is 32.6 Å². The number of tetrazole rings is 1. The molecule has 1 amide bonds. The standard InChI is InChI=1S/C24H23FN6O4S/c25-19-14-17(1-3-18(19)21(32)33)31-23(26-27-28-31)36-24(6-7-24)22(34)30-8-5-15-13-16(2-4-20(15)30)29-9-11-35-12-10-29/h1-4,13-14H,5-12H2,(H,32,33). The molecule has 3 aliphatic rings. The van der Waals surface area contributed by atoms with Crippen LogP contribution < -0.4 is 9.80 Å². The molecule has 2 fully saturated rings. The molecular weight excluding hydrogens is 487 g/mol. The predicted molar refractivity (Wildman–Crippen MR) is 129 cm³/mol. The van der Waals surface area contributed by atoms with Crippen LogP contribution in [0.3, 0.4) is 0 Å². The molecular formula is C24H23FN6O4S. The van der Waals surface area contributed by atoms with Crippen molar-refractivity contribution >= 4 is 35.0 Å². The third kappa shape index (κ3) is 3.99. The Bertz CT molecular complexity index is 1350. The Morgan fingerprint density at radius 1 is 1.06 bits per heavy atom. The highest BCUT2D eigenvalue weighted by Crippen LogP contribution is 2.53. The fourth-order valence-electron chi connectivity index (χ4n) is 4.73. The van der Waals surface area contributed by atoms with Crippen LogP contribution in [0.2, 0.25) is 0 Å². The number of fused-ring (bicyclic) bond motifs is 1. The van der Waals surface area contributed by atoms with E-state index in [0.29, 0.717) is 24.5 Å². The van der Waals surface area contributed by atoms with Crippen molar-refractivity contribution in [1.29, 1.82) is 0 Å². The van der Waals surface area contributed by atoms with E-state index in [1.165, 1.54) is 28.6 Å². The molecule has 6 rings (SSSR count). The molecule has 186 valence electrons. The number of carbonyl (C=O) groups is 2. The largest absolute Gasteiger partial charge is 0.478 e. The van der Waals surface area contributed by atoms with E-state index in [0.717, 1.165) is 55.7 Å². The number of halogens is 1. The van der Waals surface area contributed by atoms with Gasteiger partial charge in [-0.25, -0.2) is 9.18 Å². The number of carboxylic acids is 1. The fraction of sp³-hybridized carbons (Fsp3) is 0.375. The number of thioether (sulfide) groups is 1. The highest BCUT2D eigenvalue weighted by molar-refractivity contribution is 8.01. The number of hydrogen-bond donors (Lipinski definition) is 1. The number of ether oxygens (including phenoxy) is 1. The first-order valence-corrected chi connectivity index (χ1v) is 12.5. The minimum atomic E-state index is -1.35. The van der Waals surface area contributed by atoms with Crippen molar-refractivity contribution in [3.05, 3.63) is 53.3 Å². The number of aromatic nitrogens is 4. The molecule has 2 aromatic carbocycles. The van der Waals surface area contributed by atoms with E-state index in [1.54, 1.807) is 0 Å². The molecule has 2 aliphatic heterocycles. The number of anilines is 2. The summed E-state index contributed by atoms with van der Waals surface area (Å²) >= 11 is 1.27. The summed E-state index contributed by atoms with van der Waals surface area (Å²) in [5.74, 6) is -2.21. The highest BCUT2D eigenvalue weighted by atomic mass is 32.2. The molecule has 3 heterocycles. The highest BCUT2D eigenvalue weighted by Gasteiger charge is 2.55. The first-order chi connectivity index (χ1) is 17.4. The van der Waals surface area contributed by atoms with Crippen LogP contribution in [0.5, 0.6) is 0 Å². The van der Waals surface area contributed by atoms with Gasteiger partial charge < -0.3 is 19.6 Å². The predicted octanol–water partition coefficient (Wildman–Crippen LogP) is 2.55. The van der Waals surface area contributed by atoms with Gasteiger partial charge in [-0.05, 0) is 65.6 Å². The van der Waals surface area contributed by atoms with Gasteiger partial charge in [0.25, 0.3) is 0 Å². The topological polar surface area (TPSA) is 114 Å². The summed E-state index contributed by atoms with van der Waals surface area (Å²) in [7, 11) is 0. The molecule has 1 aromatic heterocycles. The van der Waals surface area contributed by atoms with Gasteiger partial charge >= 0.3 is 5.97 Å². The van der Waals surface area contributed by atoms with Crippen molar-refractivity contribution in [2.45, 2.75) is 29.2 Å². The normalized spacial score (nSPS) is 18.2. The third-order valence-electron chi connectivity index (χ3n) is 6.83. The van der Waals surface area contributed by atoms with Crippen molar-refractivity contribution in [1.82, 2.24) is 20.2 Å². The van der Waals surface area contributed by atoms with Gasteiger partial charge in [0.2, 0.25) is 11.1 Å². The number of rotatable bonds is 6. The van der Waals surface area contributed by atoms with Crippen LogP contribution in [-0.4, -0.2) is 74.8 Å². The molecule has 12 heteroatoms. The van der Waals surface area contributed by atoms with Crippen LogP contribution in [0.1, 0.15) is 28.8 Å². The average molecular weight is 511 g/mol. The number of amides is 1. The molecule has 0 radical (unpaired) electrons. The molecule has 3 aromatic rings. The first kappa shape index (κ1) is 22.9. The van der Waals surface area contributed by atoms with Crippen LogP contribution in [0, 0.1) is 5.82 Å². The Kier molecular flexibility index (Phi) is 5.64. The van der Waals surface area contributed by atoms with E-state index >= 15 is 0 Å². The van der Waals surface area contributed by atoms with Crippen LogP contribution >= 0.6 is 11.8 Å². The molecule has 1 saturated heterocycles. The second-order valence-corrected chi connectivity index (χ2v) is 10.4. The SMILES string of the molecule is O=C(O)c1ccc(-n2nnnc2SC2(C(=O)N3CCc4cc(N5CCOCC5)ccc43)CC2)cc1F. The Morgan fingerprint density at radius 2 is 1.83 bits per heavy atom. The molecule has 0 atom stereocenters. The van der Waals surface area contributed by atoms with E-state index in [1.807, 2.05) is 11.0 Å². The lowest BCUT2D eigenvalue weighted by Gasteiger charge is -2.29. The number of carbonyl (C=O) groups excluding carboxylic acids is 1. The lowest BCUT2D eigenvalue weighted by molar-refractivity contribution is -0.118. The zero-order chi connectivity index (χ0) is 24.9. The second kappa shape index (κ2) is 8.86. The monoisotopic (exact) mass is 510 g/mol. The third-order valence-corrected chi connectivity index (χ3v) is 8.24. The summed E-state index contributed by atoms with van der Waals surface area (Å²) in [5.41, 5.74) is 3.11. The van der Waals surface area contributed by atoms with E-state index in [9.17, 15) is 14.0 Å². The molecule has 10 nitrogen and oxygen atoms in total. The zero-order valence-corrected chi connectivity index (χ0v) is 20.1. The molecule has 1 N–H and O–H groups in total. The van der Waals surface area contributed by atoms with E-state index in [4.69, 9.17) is 9.84 Å². The van der Waals surface area contributed by atoms with Crippen LogP contribution in [0.25, 0.3) is 5.69 Å². The Labute approximate surface area is 210 Å². The molecule has 36 heavy (non-hydrogen) atoms. The maximum absolute atomic E-state index is 14.3. The number of nitrogens with zero attached hydrogens (tertiary/aromatic N) is 6. The Balaban J connectivity index is 1.22.